The Bertz CT molecular complexity index is 816. The number of rotatable bonds is 5. The van der Waals surface area contributed by atoms with Crippen molar-refractivity contribution in [2.45, 2.75) is 63.8 Å². The van der Waals surface area contributed by atoms with Crippen LogP contribution in [0.25, 0.3) is 11.0 Å². The normalized spacial score (nSPS) is 19.6. The van der Waals surface area contributed by atoms with Gasteiger partial charge in [0.1, 0.15) is 11.5 Å². The van der Waals surface area contributed by atoms with Crippen LogP contribution in [0.2, 0.25) is 0 Å². The Labute approximate surface area is 167 Å². The quantitative estimate of drug-likeness (QED) is 0.630. The number of Topliss-reactive ketones (excluding diaryl/α,β-unsaturated/α-hetero) is 1. The van der Waals surface area contributed by atoms with Crippen LogP contribution >= 0.6 is 0 Å². The Morgan fingerprint density at radius 3 is 2.57 bits per heavy atom. The Kier molecular flexibility index (Phi) is 5.95. The summed E-state index contributed by atoms with van der Waals surface area (Å²) in [6.07, 6.45) is 10.5. The number of nitrogens with zero attached hydrogens (tertiary/aromatic N) is 4. The molecule has 152 valence electrons. The number of fused-ring (bicyclic) bond motifs is 1. The van der Waals surface area contributed by atoms with Crippen molar-refractivity contribution >= 4 is 22.6 Å². The van der Waals surface area contributed by atoms with Crippen molar-refractivity contribution in [1.82, 2.24) is 20.1 Å². The van der Waals surface area contributed by atoms with Gasteiger partial charge in [-0.25, -0.2) is 9.67 Å². The van der Waals surface area contributed by atoms with Gasteiger partial charge in [-0.3, -0.25) is 4.79 Å². The van der Waals surface area contributed by atoms with Gasteiger partial charge in [-0.05, 0) is 56.8 Å². The molecule has 1 aliphatic carbocycles. The van der Waals surface area contributed by atoms with Crippen LogP contribution in [-0.4, -0.2) is 46.7 Å². The number of anilines is 1. The van der Waals surface area contributed by atoms with Crippen molar-refractivity contribution in [2.75, 3.05) is 25.0 Å². The molecule has 2 aromatic rings. The monoisotopic (exact) mass is 383 g/mol. The molecule has 0 aromatic carbocycles. The van der Waals surface area contributed by atoms with E-state index in [2.05, 4.69) is 28.4 Å². The van der Waals surface area contributed by atoms with Crippen LogP contribution in [0.1, 0.15) is 68.3 Å². The average molecular weight is 384 g/mol. The largest absolute Gasteiger partial charge is 0.357 e. The molecule has 0 amide bonds. The molecule has 0 unspecified atom stereocenters. The number of carbonyl (C=O) groups is 1. The second-order valence-corrected chi connectivity index (χ2v) is 8.59. The smallest absolute Gasteiger partial charge is 0.184 e. The van der Waals surface area contributed by atoms with Crippen molar-refractivity contribution in [2.24, 2.45) is 13.0 Å². The van der Waals surface area contributed by atoms with Gasteiger partial charge in [-0.1, -0.05) is 25.7 Å². The zero-order chi connectivity index (χ0) is 19.5. The highest BCUT2D eigenvalue weighted by Crippen LogP contribution is 2.28. The van der Waals surface area contributed by atoms with Crippen molar-refractivity contribution in [3.8, 4) is 0 Å². The first-order valence-corrected chi connectivity index (χ1v) is 10.9. The predicted octanol–water partition coefficient (Wildman–Crippen LogP) is 3.70. The molecule has 1 saturated carbocycles. The van der Waals surface area contributed by atoms with Crippen LogP contribution in [0.4, 0.5) is 5.82 Å². The number of carbonyl (C=O) groups excluding carboxylic acids is 1. The molecule has 1 aliphatic heterocycles. The van der Waals surface area contributed by atoms with Crippen LogP contribution in [0.15, 0.2) is 12.1 Å². The van der Waals surface area contributed by atoms with Gasteiger partial charge in [0.25, 0.3) is 0 Å². The van der Waals surface area contributed by atoms with E-state index in [0.29, 0.717) is 24.1 Å². The number of hydrogen-bond donors (Lipinski definition) is 1. The van der Waals surface area contributed by atoms with Gasteiger partial charge in [0, 0.05) is 26.6 Å². The molecular weight excluding hydrogens is 350 g/mol. The molecule has 1 saturated heterocycles. The average Bonchev–Trinajstić information content (AvgIpc) is 2.88. The molecule has 0 bridgehead atoms. The summed E-state index contributed by atoms with van der Waals surface area (Å²) in [7, 11) is 4.05. The summed E-state index contributed by atoms with van der Waals surface area (Å²) in [5.41, 5.74) is 1.40. The van der Waals surface area contributed by atoms with Crippen LogP contribution in [0.5, 0.6) is 0 Å². The topological polar surface area (TPSA) is 63.1 Å². The summed E-state index contributed by atoms with van der Waals surface area (Å²) in [5.74, 6) is 1.61. The van der Waals surface area contributed by atoms with Gasteiger partial charge in [-0.2, -0.15) is 5.10 Å². The maximum absolute atomic E-state index is 12.9. The van der Waals surface area contributed by atoms with E-state index in [4.69, 9.17) is 4.98 Å². The highest BCUT2D eigenvalue weighted by atomic mass is 16.1. The molecule has 2 aromatic heterocycles. The lowest BCUT2D eigenvalue weighted by Gasteiger charge is -2.28. The minimum Gasteiger partial charge on any atom is -0.357 e. The standard InChI is InChI=1S/C22H33N5O/c1-26(17-7-5-3-4-6-8-17)20-10-9-18-21(25-27(2)22(18)24-20)19(28)15-16-11-13-23-14-12-16/h9-10,16-17,23H,3-8,11-15H2,1-2H3. The number of nitrogens with one attached hydrogen (secondary N) is 1. The van der Waals surface area contributed by atoms with Crippen molar-refractivity contribution in [3.63, 3.8) is 0 Å². The van der Waals surface area contributed by atoms with Gasteiger partial charge in [-0.15, -0.1) is 0 Å². The molecule has 1 N–H and O–H groups in total. The van der Waals surface area contributed by atoms with Gasteiger partial charge in [0.2, 0.25) is 0 Å². The van der Waals surface area contributed by atoms with Crippen molar-refractivity contribution in [1.29, 1.82) is 0 Å². The fourth-order valence-electron chi connectivity index (χ4n) is 4.80. The number of pyridine rings is 1. The summed E-state index contributed by atoms with van der Waals surface area (Å²) in [6.45, 7) is 2.03. The number of ketones is 1. The summed E-state index contributed by atoms with van der Waals surface area (Å²) >= 11 is 0. The fourth-order valence-corrected chi connectivity index (χ4v) is 4.80. The van der Waals surface area contributed by atoms with Crippen LogP contribution in [0.3, 0.4) is 0 Å². The Morgan fingerprint density at radius 2 is 1.86 bits per heavy atom. The second-order valence-electron chi connectivity index (χ2n) is 8.59. The fraction of sp³-hybridized carbons (Fsp3) is 0.682. The van der Waals surface area contributed by atoms with E-state index in [0.717, 1.165) is 42.8 Å². The molecule has 28 heavy (non-hydrogen) atoms. The third kappa shape index (κ3) is 4.07. The molecule has 6 nitrogen and oxygen atoms in total. The first kappa shape index (κ1) is 19.4. The van der Waals surface area contributed by atoms with E-state index in [9.17, 15) is 4.79 Å². The highest BCUT2D eigenvalue weighted by molar-refractivity contribution is 6.05. The zero-order valence-electron chi connectivity index (χ0n) is 17.3. The predicted molar refractivity (Wildman–Crippen MR) is 113 cm³/mol. The number of hydrogen-bond acceptors (Lipinski definition) is 5. The molecule has 2 aliphatic rings. The van der Waals surface area contributed by atoms with Crippen LogP contribution in [-0.2, 0) is 7.05 Å². The van der Waals surface area contributed by atoms with Crippen molar-refractivity contribution in [3.05, 3.63) is 17.8 Å². The highest BCUT2D eigenvalue weighted by Gasteiger charge is 2.24. The Hall–Kier alpha value is -1.95. The summed E-state index contributed by atoms with van der Waals surface area (Å²) < 4.78 is 1.77. The minimum atomic E-state index is 0.157. The summed E-state index contributed by atoms with van der Waals surface area (Å²) in [5, 5.41) is 8.81. The lowest BCUT2D eigenvalue weighted by molar-refractivity contribution is 0.0948. The number of aryl methyl sites for hydroxylation is 1. The van der Waals surface area contributed by atoms with E-state index >= 15 is 0 Å². The SMILES string of the molecule is CN(c1ccc2c(C(=O)CC3CCNCC3)nn(C)c2n1)C1CCCCCC1. The van der Waals surface area contributed by atoms with E-state index in [-0.39, 0.29) is 5.78 Å². The number of piperidine rings is 1. The molecule has 0 atom stereocenters. The molecule has 2 fully saturated rings. The van der Waals surface area contributed by atoms with Gasteiger partial charge in [0.05, 0.1) is 5.39 Å². The Morgan fingerprint density at radius 1 is 1.14 bits per heavy atom. The zero-order valence-corrected chi connectivity index (χ0v) is 17.3. The maximum Gasteiger partial charge on any atom is 0.184 e. The lowest BCUT2D eigenvalue weighted by Crippen LogP contribution is -2.31. The van der Waals surface area contributed by atoms with Crippen molar-refractivity contribution < 1.29 is 4.79 Å². The lowest BCUT2D eigenvalue weighted by atomic mass is 9.91. The van der Waals surface area contributed by atoms with E-state index in [1.165, 1.54) is 38.5 Å². The maximum atomic E-state index is 12.9. The molecule has 0 radical (unpaired) electrons. The molecular formula is C22H33N5O. The van der Waals surface area contributed by atoms with E-state index in [1.807, 2.05) is 13.1 Å². The van der Waals surface area contributed by atoms with Gasteiger partial charge >= 0.3 is 0 Å². The van der Waals surface area contributed by atoms with E-state index in [1.54, 1.807) is 4.68 Å². The van der Waals surface area contributed by atoms with Gasteiger partial charge in [0.15, 0.2) is 11.4 Å². The van der Waals surface area contributed by atoms with Crippen LogP contribution < -0.4 is 10.2 Å². The summed E-state index contributed by atoms with van der Waals surface area (Å²) in [4.78, 5) is 20.1. The first-order valence-electron chi connectivity index (χ1n) is 10.9. The Balaban J connectivity index is 1.55. The molecule has 0 spiro atoms. The number of aromatic nitrogens is 3. The van der Waals surface area contributed by atoms with E-state index < -0.39 is 0 Å². The minimum absolute atomic E-state index is 0.157. The molecule has 6 heteroatoms. The molecule has 4 rings (SSSR count). The second kappa shape index (κ2) is 8.60. The van der Waals surface area contributed by atoms with Gasteiger partial charge < -0.3 is 10.2 Å². The van der Waals surface area contributed by atoms with Crippen LogP contribution in [0, 0.1) is 5.92 Å². The summed E-state index contributed by atoms with van der Waals surface area (Å²) in [6, 6.07) is 4.67. The first-order chi connectivity index (χ1) is 13.6. The third-order valence-electron chi connectivity index (χ3n) is 6.60. The third-order valence-corrected chi connectivity index (χ3v) is 6.60. The molecule has 3 heterocycles.